The van der Waals surface area contributed by atoms with Crippen LogP contribution in [0.25, 0.3) is 0 Å². The van der Waals surface area contributed by atoms with Crippen molar-refractivity contribution in [1.29, 1.82) is 0 Å². The van der Waals surface area contributed by atoms with Gasteiger partial charge in [0.1, 0.15) is 6.10 Å². The molecule has 1 fully saturated rings. The Morgan fingerprint density at radius 1 is 0.857 bits per heavy atom. The van der Waals surface area contributed by atoms with Crippen molar-refractivity contribution in [3.05, 3.63) is 60.8 Å². The lowest BCUT2D eigenvalue weighted by molar-refractivity contribution is -0.299. The topological polar surface area (TPSA) is 137 Å². The van der Waals surface area contributed by atoms with Crippen LogP contribution in [-0.2, 0) is 14.3 Å². The number of fused-ring (bicyclic) bond motifs is 2. The maximum Gasteiger partial charge on any atom is 0.309 e. The molecule has 0 saturated carbocycles. The molecule has 35 heavy (non-hydrogen) atoms. The van der Waals surface area contributed by atoms with Gasteiger partial charge in [-0.15, -0.1) is 0 Å². The number of esters is 1. The standard InChI is InChI=1S/C27H40O8/c1-19-11-8-6-4-3-5-7-9-12-21(28)15-25-20(2)24(31)18-27(33,35-25)17-23(30)14-10-13-22(29)16-26(32)34-19/h3-10,12-13,19-25,28-31,33H,11,14-18H2,1-2H3/b4-3+,7-5+,8-6+,12-9+,13-10+/t19-,20-,21+,22-,23+,24+,25+,27-/m1/s1. The third-order valence-corrected chi connectivity index (χ3v) is 6.09. The second-order valence-corrected chi connectivity index (χ2v) is 9.45. The van der Waals surface area contributed by atoms with Gasteiger partial charge in [0.15, 0.2) is 5.79 Å². The summed E-state index contributed by atoms with van der Waals surface area (Å²) in [6.45, 7) is 3.57. The zero-order valence-corrected chi connectivity index (χ0v) is 20.5. The van der Waals surface area contributed by atoms with Gasteiger partial charge in [0.2, 0.25) is 0 Å². The lowest BCUT2D eigenvalue weighted by atomic mass is 9.84. The van der Waals surface area contributed by atoms with Crippen LogP contribution in [0.4, 0.5) is 0 Å². The van der Waals surface area contributed by atoms with Gasteiger partial charge in [0, 0.05) is 31.6 Å². The van der Waals surface area contributed by atoms with E-state index in [9.17, 15) is 30.3 Å². The van der Waals surface area contributed by atoms with E-state index in [0.29, 0.717) is 6.42 Å². The van der Waals surface area contributed by atoms with E-state index in [1.54, 1.807) is 38.2 Å². The van der Waals surface area contributed by atoms with Crippen LogP contribution in [-0.4, -0.2) is 73.9 Å². The molecule has 0 radical (unpaired) electrons. The highest BCUT2D eigenvalue weighted by atomic mass is 16.6. The molecule has 0 aromatic carbocycles. The molecule has 0 amide bonds. The molecule has 2 rings (SSSR count). The number of hydrogen-bond acceptors (Lipinski definition) is 8. The van der Waals surface area contributed by atoms with Crippen LogP contribution in [0.5, 0.6) is 0 Å². The largest absolute Gasteiger partial charge is 0.462 e. The van der Waals surface area contributed by atoms with Gasteiger partial charge in [-0.05, 0) is 13.3 Å². The minimum Gasteiger partial charge on any atom is -0.462 e. The Bertz CT molecular complexity index is 801. The summed E-state index contributed by atoms with van der Waals surface area (Å²) >= 11 is 0. The number of aliphatic hydroxyl groups is 5. The summed E-state index contributed by atoms with van der Waals surface area (Å²) in [5, 5.41) is 52.3. The van der Waals surface area contributed by atoms with Gasteiger partial charge >= 0.3 is 5.97 Å². The molecule has 2 bridgehead atoms. The second kappa shape index (κ2) is 14.5. The highest BCUT2D eigenvalue weighted by molar-refractivity contribution is 5.70. The number of carbonyl (C=O) groups excluding carboxylic acids is 1. The zero-order chi connectivity index (χ0) is 25.8. The Hall–Kier alpha value is -2.07. The molecule has 2 aliphatic rings. The van der Waals surface area contributed by atoms with E-state index in [4.69, 9.17) is 9.47 Å². The van der Waals surface area contributed by atoms with Crippen molar-refractivity contribution in [2.24, 2.45) is 5.92 Å². The molecule has 5 N–H and O–H groups in total. The Morgan fingerprint density at radius 3 is 2.29 bits per heavy atom. The number of rotatable bonds is 0. The summed E-state index contributed by atoms with van der Waals surface area (Å²) < 4.78 is 11.1. The first-order chi connectivity index (χ1) is 16.6. The molecule has 1 saturated heterocycles. The molecular formula is C27H40O8. The van der Waals surface area contributed by atoms with Gasteiger partial charge in [-0.25, -0.2) is 0 Å². The van der Waals surface area contributed by atoms with Crippen LogP contribution in [0.1, 0.15) is 52.4 Å². The Balaban J connectivity index is 2.13. The molecule has 0 unspecified atom stereocenters. The molecule has 8 heteroatoms. The monoisotopic (exact) mass is 492 g/mol. The third kappa shape index (κ3) is 11.0. The Morgan fingerprint density at radius 2 is 1.54 bits per heavy atom. The number of hydrogen-bond donors (Lipinski definition) is 5. The summed E-state index contributed by atoms with van der Waals surface area (Å²) in [6.07, 6.45) is 12.9. The lowest BCUT2D eigenvalue weighted by Crippen LogP contribution is -2.52. The second-order valence-electron chi connectivity index (χ2n) is 9.45. The van der Waals surface area contributed by atoms with Crippen molar-refractivity contribution >= 4 is 5.97 Å². The number of ether oxygens (including phenoxy) is 2. The number of carbonyl (C=O) groups is 1. The van der Waals surface area contributed by atoms with Gasteiger partial charge in [-0.2, -0.15) is 0 Å². The molecule has 196 valence electrons. The Kier molecular flexibility index (Phi) is 12.1. The van der Waals surface area contributed by atoms with Gasteiger partial charge in [0.05, 0.1) is 36.9 Å². The first-order valence-electron chi connectivity index (χ1n) is 12.2. The molecule has 0 aromatic heterocycles. The van der Waals surface area contributed by atoms with Gasteiger partial charge in [-0.1, -0.05) is 67.7 Å². The van der Waals surface area contributed by atoms with Crippen LogP contribution in [0.3, 0.4) is 0 Å². The highest BCUT2D eigenvalue weighted by Gasteiger charge is 2.45. The van der Waals surface area contributed by atoms with Crippen molar-refractivity contribution in [3.8, 4) is 0 Å². The lowest BCUT2D eigenvalue weighted by Gasteiger charge is -2.44. The fourth-order valence-electron chi connectivity index (χ4n) is 4.11. The molecule has 8 atom stereocenters. The van der Waals surface area contributed by atoms with E-state index < -0.39 is 42.3 Å². The van der Waals surface area contributed by atoms with Gasteiger partial charge < -0.3 is 35.0 Å². The molecule has 0 spiro atoms. The third-order valence-electron chi connectivity index (χ3n) is 6.09. The van der Waals surface area contributed by atoms with Crippen LogP contribution in [0.2, 0.25) is 0 Å². The average molecular weight is 493 g/mol. The summed E-state index contributed by atoms with van der Waals surface area (Å²) in [5.74, 6) is -2.58. The SMILES string of the molecule is C[C@H]1[C@@H]2C[C@@H](O)/C=C/C=C/C=C/C=C/C[C@@H](C)OC(=O)C[C@H](O)/C=C/C[C@H](O)C[C@](O)(C[C@@H]1O)O2. The maximum absolute atomic E-state index is 12.0. The van der Waals surface area contributed by atoms with Crippen LogP contribution < -0.4 is 0 Å². The average Bonchev–Trinajstić information content (AvgIpc) is 2.75. The van der Waals surface area contributed by atoms with Gasteiger partial charge in [0.25, 0.3) is 0 Å². The number of allylic oxidation sites excluding steroid dienone is 6. The predicted molar refractivity (Wildman–Crippen MR) is 132 cm³/mol. The van der Waals surface area contributed by atoms with Crippen molar-refractivity contribution < 1.29 is 39.8 Å². The fraction of sp³-hybridized carbons (Fsp3) is 0.593. The van der Waals surface area contributed by atoms with Crippen molar-refractivity contribution in [2.45, 2.75) is 94.8 Å². The molecule has 0 aromatic rings. The van der Waals surface area contributed by atoms with Crippen molar-refractivity contribution in [2.75, 3.05) is 0 Å². The highest BCUT2D eigenvalue weighted by Crippen LogP contribution is 2.36. The van der Waals surface area contributed by atoms with Gasteiger partial charge in [-0.3, -0.25) is 4.79 Å². The first kappa shape index (κ1) is 29.2. The zero-order valence-electron chi connectivity index (χ0n) is 20.5. The summed E-state index contributed by atoms with van der Waals surface area (Å²) in [6, 6.07) is 0. The molecule has 0 aliphatic carbocycles. The van der Waals surface area contributed by atoms with E-state index in [1.165, 1.54) is 12.2 Å². The van der Waals surface area contributed by atoms with Crippen molar-refractivity contribution in [3.63, 3.8) is 0 Å². The molecular weight excluding hydrogens is 452 g/mol. The van der Waals surface area contributed by atoms with E-state index in [-0.39, 0.29) is 44.1 Å². The quantitative estimate of drug-likeness (QED) is 0.256. The van der Waals surface area contributed by atoms with Crippen LogP contribution in [0, 0.1) is 5.92 Å². The summed E-state index contributed by atoms with van der Waals surface area (Å²) in [7, 11) is 0. The summed E-state index contributed by atoms with van der Waals surface area (Å²) in [5.41, 5.74) is 0. The normalized spacial score (nSPS) is 43.2. The molecule has 2 aliphatic heterocycles. The van der Waals surface area contributed by atoms with Crippen LogP contribution in [0.15, 0.2) is 60.8 Å². The molecule has 2 heterocycles. The number of aliphatic hydroxyl groups excluding tert-OH is 4. The first-order valence-corrected chi connectivity index (χ1v) is 12.2. The maximum atomic E-state index is 12.0. The van der Waals surface area contributed by atoms with Crippen molar-refractivity contribution in [1.82, 2.24) is 0 Å². The fourth-order valence-corrected chi connectivity index (χ4v) is 4.11. The van der Waals surface area contributed by atoms with E-state index in [2.05, 4.69) is 0 Å². The molecule has 8 nitrogen and oxygen atoms in total. The number of cyclic esters (lactones) is 1. The van der Waals surface area contributed by atoms with E-state index in [0.717, 1.165) is 0 Å². The minimum atomic E-state index is -1.75. The summed E-state index contributed by atoms with van der Waals surface area (Å²) in [4.78, 5) is 12.0. The smallest absolute Gasteiger partial charge is 0.309 e. The van der Waals surface area contributed by atoms with E-state index >= 15 is 0 Å². The minimum absolute atomic E-state index is 0.0620. The Labute approximate surface area is 207 Å². The predicted octanol–water partition coefficient (Wildman–Crippen LogP) is 2.22. The van der Waals surface area contributed by atoms with Crippen LogP contribution >= 0.6 is 0 Å². The van der Waals surface area contributed by atoms with E-state index in [1.807, 2.05) is 24.3 Å².